The lowest BCUT2D eigenvalue weighted by atomic mass is 9.90. The smallest absolute Gasteiger partial charge is 0.193 e. The molecule has 1 unspecified atom stereocenters. The van der Waals surface area contributed by atoms with Crippen LogP contribution in [0.4, 0.5) is 5.69 Å². The van der Waals surface area contributed by atoms with Gasteiger partial charge in [0.2, 0.25) is 0 Å². The lowest BCUT2D eigenvalue weighted by Gasteiger charge is -2.32. The number of nitrogens with zero attached hydrogens (tertiary/aromatic N) is 2. The fraction of sp³-hybridized carbons (Fsp3) is 0.500. The Bertz CT molecular complexity index is 824. The summed E-state index contributed by atoms with van der Waals surface area (Å²) >= 11 is 0. The Kier molecular flexibility index (Phi) is 5.98. The molecule has 2 heterocycles. The number of furan rings is 1. The van der Waals surface area contributed by atoms with Gasteiger partial charge in [0.1, 0.15) is 11.5 Å². The Morgan fingerprint density at radius 3 is 2.79 bits per heavy atom. The van der Waals surface area contributed by atoms with Gasteiger partial charge in [0.05, 0.1) is 25.8 Å². The molecule has 1 atom stereocenters. The van der Waals surface area contributed by atoms with E-state index in [1.165, 1.54) is 24.0 Å². The maximum absolute atomic E-state index is 6.27. The fourth-order valence-electron chi connectivity index (χ4n) is 4.17. The number of guanidine groups is 1. The number of morpholine rings is 1. The molecular weight excluding hydrogens is 352 g/mol. The third-order valence-electron chi connectivity index (χ3n) is 5.67. The molecule has 28 heavy (non-hydrogen) atoms. The predicted molar refractivity (Wildman–Crippen MR) is 112 cm³/mol. The van der Waals surface area contributed by atoms with E-state index in [9.17, 15) is 0 Å². The molecule has 2 aliphatic rings. The number of anilines is 1. The molecule has 3 N–H and O–H groups in total. The zero-order valence-electron chi connectivity index (χ0n) is 16.6. The Hall–Kier alpha value is -2.31. The van der Waals surface area contributed by atoms with Gasteiger partial charge in [-0.25, -0.2) is 0 Å². The van der Waals surface area contributed by atoms with Crippen molar-refractivity contribution >= 4 is 11.6 Å². The van der Waals surface area contributed by atoms with Crippen LogP contribution < -0.4 is 11.1 Å². The van der Waals surface area contributed by atoms with Crippen molar-refractivity contribution in [3.8, 4) is 0 Å². The molecule has 0 amide bonds. The summed E-state index contributed by atoms with van der Waals surface area (Å²) in [5, 5.41) is 3.34. The zero-order valence-corrected chi connectivity index (χ0v) is 16.6. The minimum atomic E-state index is 0.0719. The average molecular weight is 383 g/mol. The minimum Gasteiger partial charge on any atom is -0.465 e. The number of aryl methyl sites for hydroxylation is 2. The highest BCUT2D eigenvalue weighted by Crippen LogP contribution is 2.28. The van der Waals surface area contributed by atoms with E-state index in [2.05, 4.69) is 33.4 Å². The van der Waals surface area contributed by atoms with E-state index < -0.39 is 0 Å². The molecule has 0 bridgehead atoms. The van der Waals surface area contributed by atoms with E-state index >= 15 is 0 Å². The summed E-state index contributed by atoms with van der Waals surface area (Å²) in [5.41, 5.74) is 10.2. The van der Waals surface area contributed by atoms with Crippen molar-refractivity contribution in [3.05, 3.63) is 53.0 Å². The maximum atomic E-state index is 6.27. The van der Waals surface area contributed by atoms with Crippen LogP contribution in [-0.4, -0.2) is 43.7 Å². The topological polar surface area (TPSA) is 76.0 Å². The maximum Gasteiger partial charge on any atom is 0.193 e. The van der Waals surface area contributed by atoms with Crippen molar-refractivity contribution in [1.29, 1.82) is 0 Å². The average Bonchev–Trinajstić information content (AvgIpc) is 3.15. The Balaban J connectivity index is 1.48. The van der Waals surface area contributed by atoms with Gasteiger partial charge in [-0.15, -0.1) is 0 Å². The van der Waals surface area contributed by atoms with E-state index in [-0.39, 0.29) is 6.04 Å². The number of benzene rings is 1. The summed E-state index contributed by atoms with van der Waals surface area (Å²) < 4.78 is 11.4. The summed E-state index contributed by atoms with van der Waals surface area (Å²) in [6.07, 6.45) is 4.76. The van der Waals surface area contributed by atoms with E-state index in [1.54, 1.807) is 0 Å². The number of aliphatic imine (C=N–C) groups is 1. The molecule has 1 aromatic carbocycles. The van der Waals surface area contributed by atoms with Crippen molar-refractivity contribution < 1.29 is 9.15 Å². The highest BCUT2D eigenvalue weighted by Gasteiger charge is 2.25. The van der Waals surface area contributed by atoms with Crippen molar-refractivity contribution in [2.24, 2.45) is 10.7 Å². The molecule has 1 aliphatic carbocycles. The van der Waals surface area contributed by atoms with Crippen LogP contribution in [0.15, 0.2) is 39.7 Å². The first-order valence-electron chi connectivity index (χ1n) is 10.3. The van der Waals surface area contributed by atoms with E-state index in [4.69, 9.17) is 14.9 Å². The van der Waals surface area contributed by atoms with Crippen LogP contribution in [0.3, 0.4) is 0 Å². The summed E-state index contributed by atoms with van der Waals surface area (Å²) in [6, 6.07) is 10.5. The monoisotopic (exact) mass is 382 g/mol. The van der Waals surface area contributed by atoms with Gasteiger partial charge in [-0.2, -0.15) is 0 Å². The molecule has 1 aliphatic heterocycles. The number of nitrogens with two attached hydrogens (primary N) is 1. The molecule has 0 radical (unpaired) electrons. The van der Waals surface area contributed by atoms with Crippen LogP contribution in [0, 0.1) is 6.92 Å². The number of rotatable bonds is 5. The van der Waals surface area contributed by atoms with Gasteiger partial charge >= 0.3 is 0 Å². The number of hydrogen-bond donors (Lipinski definition) is 2. The van der Waals surface area contributed by atoms with Crippen molar-refractivity contribution in [3.63, 3.8) is 0 Å². The SMILES string of the molecule is Cc1ccc(C(CN=C(N)Nc2cccc3c2CCCC3)N2CCOCC2)o1. The second-order valence-corrected chi connectivity index (χ2v) is 7.61. The molecule has 0 spiro atoms. The lowest BCUT2D eigenvalue weighted by Crippen LogP contribution is -2.40. The van der Waals surface area contributed by atoms with E-state index in [0.717, 1.165) is 56.4 Å². The minimum absolute atomic E-state index is 0.0719. The van der Waals surface area contributed by atoms with Gasteiger partial charge in [-0.3, -0.25) is 9.89 Å². The third-order valence-corrected chi connectivity index (χ3v) is 5.67. The summed E-state index contributed by atoms with van der Waals surface area (Å²) in [5.74, 6) is 2.31. The Morgan fingerprint density at radius 1 is 1.18 bits per heavy atom. The van der Waals surface area contributed by atoms with Gasteiger partial charge in [0.15, 0.2) is 5.96 Å². The molecule has 2 aromatic rings. The molecule has 150 valence electrons. The standard InChI is InChI=1S/C22H30N4O2/c1-16-9-10-21(28-16)20(26-11-13-27-14-12-26)15-24-22(23)25-19-8-4-6-17-5-2-3-7-18(17)19/h4,6,8-10,20H,2-3,5,7,11-15H2,1H3,(H3,23,24,25). The van der Waals surface area contributed by atoms with Crippen molar-refractivity contribution in [1.82, 2.24) is 4.90 Å². The number of hydrogen-bond acceptors (Lipinski definition) is 4. The summed E-state index contributed by atoms with van der Waals surface area (Å²) in [7, 11) is 0. The highest BCUT2D eigenvalue weighted by atomic mass is 16.5. The predicted octanol–water partition coefficient (Wildman–Crippen LogP) is 3.27. The van der Waals surface area contributed by atoms with Gasteiger partial charge in [0.25, 0.3) is 0 Å². The van der Waals surface area contributed by atoms with Crippen LogP contribution in [0.5, 0.6) is 0 Å². The van der Waals surface area contributed by atoms with Gasteiger partial charge < -0.3 is 20.2 Å². The number of nitrogens with one attached hydrogen (secondary N) is 1. The molecule has 1 fully saturated rings. The molecule has 1 aromatic heterocycles. The second kappa shape index (κ2) is 8.80. The molecule has 1 saturated heterocycles. The molecule has 6 nitrogen and oxygen atoms in total. The Morgan fingerprint density at radius 2 is 2.00 bits per heavy atom. The largest absolute Gasteiger partial charge is 0.465 e. The summed E-state index contributed by atoms with van der Waals surface area (Å²) in [6.45, 7) is 5.75. The molecule has 6 heteroatoms. The van der Waals surface area contributed by atoms with Gasteiger partial charge in [-0.1, -0.05) is 12.1 Å². The zero-order chi connectivity index (χ0) is 19.3. The molecule has 4 rings (SSSR count). The van der Waals surface area contributed by atoms with Crippen LogP contribution in [0.2, 0.25) is 0 Å². The first kappa shape index (κ1) is 19.0. The Labute approximate surface area is 166 Å². The van der Waals surface area contributed by atoms with Crippen molar-refractivity contribution in [2.75, 3.05) is 38.2 Å². The van der Waals surface area contributed by atoms with Gasteiger partial charge in [0, 0.05) is 18.8 Å². The number of fused-ring (bicyclic) bond motifs is 1. The lowest BCUT2D eigenvalue weighted by molar-refractivity contribution is 0.0135. The third kappa shape index (κ3) is 4.39. The first-order valence-corrected chi connectivity index (χ1v) is 10.3. The van der Waals surface area contributed by atoms with E-state index in [0.29, 0.717) is 12.5 Å². The van der Waals surface area contributed by atoms with Crippen molar-refractivity contribution in [2.45, 2.75) is 38.6 Å². The van der Waals surface area contributed by atoms with Crippen LogP contribution >= 0.6 is 0 Å². The molecular formula is C22H30N4O2. The fourth-order valence-corrected chi connectivity index (χ4v) is 4.17. The number of ether oxygens (including phenoxy) is 1. The van der Waals surface area contributed by atoms with Crippen LogP contribution in [-0.2, 0) is 17.6 Å². The summed E-state index contributed by atoms with van der Waals surface area (Å²) in [4.78, 5) is 7.03. The van der Waals surface area contributed by atoms with Crippen LogP contribution in [0.1, 0.15) is 41.5 Å². The highest BCUT2D eigenvalue weighted by molar-refractivity contribution is 5.93. The normalized spacial score (nSPS) is 19.2. The van der Waals surface area contributed by atoms with Gasteiger partial charge in [-0.05, 0) is 61.9 Å². The molecule has 0 saturated carbocycles. The van der Waals surface area contributed by atoms with E-state index in [1.807, 2.05) is 19.1 Å². The van der Waals surface area contributed by atoms with Crippen LogP contribution in [0.25, 0.3) is 0 Å². The first-order chi connectivity index (χ1) is 13.7. The quantitative estimate of drug-likeness (QED) is 0.613. The second-order valence-electron chi connectivity index (χ2n) is 7.61.